The largest absolute Gasteiger partial charge is 0.468 e. The molecule has 0 unspecified atom stereocenters. The molecule has 5 atom stereocenters. The smallest absolute Gasteiger partial charge is 0.407 e. The summed E-state index contributed by atoms with van der Waals surface area (Å²) in [6.07, 6.45) is -0.882. The molecular formula is C41H42N4O5. The zero-order chi connectivity index (χ0) is 34.9. The van der Waals surface area contributed by atoms with E-state index in [2.05, 4.69) is 29.6 Å². The minimum absolute atomic E-state index is 0.0858. The third-order valence-electron chi connectivity index (χ3n) is 10.1. The van der Waals surface area contributed by atoms with Crippen LogP contribution in [0.3, 0.4) is 0 Å². The van der Waals surface area contributed by atoms with Gasteiger partial charge in [-0.2, -0.15) is 0 Å². The van der Waals surface area contributed by atoms with Crippen molar-refractivity contribution in [1.82, 2.24) is 15.1 Å². The molecule has 0 radical (unpaired) electrons. The van der Waals surface area contributed by atoms with Gasteiger partial charge in [-0.3, -0.25) is 9.69 Å². The Hall–Kier alpha value is -5.44. The van der Waals surface area contributed by atoms with Gasteiger partial charge in [-0.1, -0.05) is 123 Å². The molecule has 3 aliphatic rings. The molecule has 2 aliphatic heterocycles. The van der Waals surface area contributed by atoms with Gasteiger partial charge in [0, 0.05) is 13.0 Å². The highest BCUT2D eigenvalue weighted by atomic mass is 16.6. The van der Waals surface area contributed by atoms with E-state index >= 15 is 0 Å². The lowest BCUT2D eigenvalue weighted by molar-refractivity contribution is -0.132. The van der Waals surface area contributed by atoms with Gasteiger partial charge in [0.05, 0.1) is 12.1 Å². The molecule has 9 heteroatoms. The number of likely N-dealkylation sites (N-methyl/N-ethyl adjacent to an activating group) is 1. The third kappa shape index (κ3) is 6.12. The van der Waals surface area contributed by atoms with Gasteiger partial charge in [0.15, 0.2) is 12.1 Å². The number of rotatable bonds is 9. The first-order valence-corrected chi connectivity index (χ1v) is 17.3. The number of nitrogens with one attached hydrogen (secondary N) is 1. The maximum Gasteiger partial charge on any atom is 0.407 e. The molecule has 7 rings (SSSR count). The molecule has 0 aromatic heterocycles. The van der Waals surface area contributed by atoms with E-state index in [0.717, 1.165) is 33.4 Å². The summed E-state index contributed by atoms with van der Waals surface area (Å²) in [5.74, 6) is -0.142. The summed E-state index contributed by atoms with van der Waals surface area (Å²) >= 11 is 0. The van der Waals surface area contributed by atoms with Gasteiger partial charge < -0.3 is 19.7 Å². The maximum absolute atomic E-state index is 14.6. The zero-order valence-electron chi connectivity index (χ0n) is 28.7. The summed E-state index contributed by atoms with van der Waals surface area (Å²) in [4.78, 5) is 49.5. The lowest BCUT2D eigenvalue weighted by Gasteiger charge is -2.27. The summed E-state index contributed by atoms with van der Waals surface area (Å²) in [5.41, 5.74) is 6.16. The highest BCUT2D eigenvalue weighted by Crippen LogP contribution is 2.44. The number of fused-ring (bicyclic) bond motifs is 3. The molecule has 0 bridgehead atoms. The van der Waals surface area contributed by atoms with Crippen LogP contribution in [0, 0.1) is 5.92 Å². The first-order valence-electron chi connectivity index (χ1n) is 17.3. The van der Waals surface area contributed by atoms with Gasteiger partial charge in [-0.05, 0) is 52.6 Å². The van der Waals surface area contributed by atoms with Gasteiger partial charge in [-0.15, -0.1) is 0 Å². The number of carbonyl (C=O) groups is 3. The molecule has 0 spiro atoms. The lowest BCUT2D eigenvalue weighted by Crippen LogP contribution is -2.43. The lowest BCUT2D eigenvalue weighted by atomic mass is 9.98. The Morgan fingerprint density at radius 1 is 0.840 bits per heavy atom. The fourth-order valence-electron chi connectivity index (χ4n) is 7.50. The number of nitrogens with zero attached hydrogens (tertiary/aromatic N) is 3. The predicted molar refractivity (Wildman–Crippen MR) is 192 cm³/mol. The van der Waals surface area contributed by atoms with E-state index in [0.29, 0.717) is 6.42 Å². The highest BCUT2D eigenvalue weighted by Gasteiger charge is 2.51. The molecule has 1 fully saturated rings. The predicted octanol–water partition coefficient (Wildman–Crippen LogP) is 7.50. The molecule has 2 heterocycles. The topological polar surface area (TPSA) is 101 Å². The molecule has 1 N–H and O–H groups in total. The second-order valence-corrected chi connectivity index (χ2v) is 13.7. The first kappa shape index (κ1) is 33.1. The second kappa shape index (κ2) is 13.8. The number of hydrogen-bond acceptors (Lipinski definition) is 6. The normalized spacial score (nSPS) is 21.8. The van der Waals surface area contributed by atoms with Crippen LogP contribution in [-0.2, 0) is 14.3 Å². The van der Waals surface area contributed by atoms with Gasteiger partial charge in [0.1, 0.15) is 12.6 Å². The Morgan fingerprint density at radius 2 is 1.40 bits per heavy atom. The zero-order valence-corrected chi connectivity index (χ0v) is 28.7. The summed E-state index contributed by atoms with van der Waals surface area (Å²) in [6.45, 7) is 6.20. The van der Waals surface area contributed by atoms with Crippen LogP contribution in [-0.4, -0.2) is 65.5 Å². The standard InChI is InChI=1S/C41H42N4O5/c1-25(2)23-34(42-40(47)49-24-33-31-21-13-11-19-29(31)30-20-12-14-22-32(30)33)38-43-35(37(50-38)28-17-9-6-10-18-28)39(46)45-36(26(3)44(4)41(45)48)27-15-7-5-8-16-27/h5-22,25-26,33-37H,23-24H2,1-4H3,(H,42,47)/t26-,34+,35-,36-,37+/m1/s1. The molecule has 4 aromatic rings. The van der Waals surface area contributed by atoms with Crippen LogP contribution in [0.1, 0.15) is 67.5 Å². The van der Waals surface area contributed by atoms with Crippen molar-refractivity contribution in [3.05, 3.63) is 131 Å². The first-order chi connectivity index (χ1) is 24.2. The molecule has 0 saturated carbocycles. The number of amides is 4. The van der Waals surface area contributed by atoms with Crippen molar-refractivity contribution in [2.45, 2.75) is 63.4 Å². The Labute approximate surface area is 292 Å². The summed E-state index contributed by atoms with van der Waals surface area (Å²) in [5, 5.41) is 3.00. The van der Waals surface area contributed by atoms with Gasteiger partial charge in [0.2, 0.25) is 5.90 Å². The number of alkyl carbamates (subject to hydrolysis) is 1. The average molecular weight is 671 g/mol. The second-order valence-electron chi connectivity index (χ2n) is 13.7. The van der Waals surface area contributed by atoms with Crippen molar-refractivity contribution in [3.8, 4) is 11.1 Å². The van der Waals surface area contributed by atoms with E-state index in [1.807, 2.05) is 106 Å². The highest BCUT2D eigenvalue weighted by molar-refractivity contribution is 6.02. The van der Waals surface area contributed by atoms with Crippen LogP contribution in [0.25, 0.3) is 11.1 Å². The maximum atomic E-state index is 14.6. The summed E-state index contributed by atoms with van der Waals surface area (Å²) in [6, 6.07) is 32.6. The molecule has 4 aromatic carbocycles. The van der Waals surface area contributed by atoms with Crippen molar-refractivity contribution >= 4 is 23.9 Å². The minimum atomic E-state index is -1.04. The van der Waals surface area contributed by atoms with Crippen molar-refractivity contribution < 1.29 is 23.9 Å². The Balaban J connectivity index is 1.15. The van der Waals surface area contributed by atoms with E-state index in [-0.39, 0.29) is 36.4 Å². The van der Waals surface area contributed by atoms with Crippen LogP contribution in [0.4, 0.5) is 9.59 Å². The van der Waals surface area contributed by atoms with Crippen molar-refractivity contribution in [1.29, 1.82) is 0 Å². The van der Waals surface area contributed by atoms with Gasteiger partial charge in [-0.25, -0.2) is 14.6 Å². The van der Waals surface area contributed by atoms with E-state index in [4.69, 9.17) is 14.5 Å². The monoisotopic (exact) mass is 670 g/mol. The number of carbonyl (C=O) groups excluding carboxylic acids is 3. The Morgan fingerprint density at radius 3 is 2.00 bits per heavy atom. The summed E-state index contributed by atoms with van der Waals surface area (Å²) in [7, 11) is 1.71. The fourth-order valence-corrected chi connectivity index (χ4v) is 7.50. The molecule has 1 aliphatic carbocycles. The number of urea groups is 1. The van der Waals surface area contributed by atoms with Crippen LogP contribution in [0.15, 0.2) is 114 Å². The molecular weight excluding hydrogens is 628 g/mol. The van der Waals surface area contributed by atoms with Gasteiger partial charge in [0.25, 0.3) is 5.91 Å². The van der Waals surface area contributed by atoms with Crippen LogP contribution in [0.5, 0.6) is 0 Å². The van der Waals surface area contributed by atoms with Crippen molar-refractivity contribution in [3.63, 3.8) is 0 Å². The third-order valence-corrected chi connectivity index (χ3v) is 10.1. The van der Waals surface area contributed by atoms with E-state index in [1.54, 1.807) is 11.9 Å². The van der Waals surface area contributed by atoms with E-state index < -0.39 is 36.2 Å². The van der Waals surface area contributed by atoms with E-state index in [9.17, 15) is 14.4 Å². The number of aliphatic imine (C=N–C) groups is 1. The molecule has 50 heavy (non-hydrogen) atoms. The van der Waals surface area contributed by atoms with Crippen molar-refractivity contribution in [2.24, 2.45) is 10.9 Å². The fraction of sp³-hybridized carbons (Fsp3) is 0.317. The average Bonchev–Trinajstić information content (AvgIpc) is 3.78. The van der Waals surface area contributed by atoms with E-state index in [1.165, 1.54) is 4.90 Å². The Bertz CT molecular complexity index is 1870. The van der Waals surface area contributed by atoms with Gasteiger partial charge >= 0.3 is 12.1 Å². The quantitative estimate of drug-likeness (QED) is 0.199. The summed E-state index contributed by atoms with van der Waals surface area (Å²) < 4.78 is 12.4. The molecule has 4 amide bonds. The number of hydrogen-bond donors (Lipinski definition) is 1. The minimum Gasteiger partial charge on any atom is -0.468 e. The number of benzene rings is 4. The van der Waals surface area contributed by atoms with Crippen LogP contribution < -0.4 is 5.32 Å². The number of imide groups is 1. The molecule has 256 valence electrons. The van der Waals surface area contributed by atoms with Crippen LogP contribution in [0.2, 0.25) is 0 Å². The number of ether oxygens (including phenoxy) is 2. The Kier molecular flexibility index (Phi) is 9.14. The molecule has 1 saturated heterocycles. The van der Waals surface area contributed by atoms with Crippen LogP contribution >= 0.6 is 0 Å². The SMILES string of the molecule is CC(C)C[C@H](NC(=O)OCC1c2ccccc2-c2ccccc21)C1=N[C@@H](C(=O)N2C(=O)N(C)[C@H](C)[C@@H]2c2ccccc2)[C@H](c2ccccc2)O1. The van der Waals surface area contributed by atoms with Crippen molar-refractivity contribution in [2.75, 3.05) is 13.7 Å². The molecule has 9 nitrogen and oxygen atoms in total.